The van der Waals surface area contributed by atoms with E-state index in [4.69, 9.17) is 4.74 Å². The predicted octanol–water partition coefficient (Wildman–Crippen LogP) is 3.40. The van der Waals surface area contributed by atoms with Crippen molar-refractivity contribution in [1.82, 2.24) is 0 Å². The Morgan fingerprint density at radius 1 is 1.18 bits per heavy atom. The fraction of sp³-hybridized carbons (Fsp3) is 0.133. The van der Waals surface area contributed by atoms with Crippen molar-refractivity contribution in [3.8, 4) is 0 Å². The number of hydrogen-bond donors (Lipinski definition) is 1. The molecule has 5 nitrogen and oxygen atoms in total. The van der Waals surface area contributed by atoms with Gasteiger partial charge in [-0.1, -0.05) is 36.4 Å². The number of benzene rings is 2. The monoisotopic (exact) mass is 323 g/mol. The number of carbonyl (C=O) groups is 1. The second-order valence-electron chi connectivity index (χ2n) is 4.60. The van der Waals surface area contributed by atoms with Gasteiger partial charge in [-0.15, -0.1) is 3.89 Å². The lowest BCUT2D eigenvalue weighted by Gasteiger charge is -2.09. The summed E-state index contributed by atoms with van der Waals surface area (Å²) in [4.78, 5) is 11.2. The Bertz CT molecular complexity index is 775. The zero-order chi connectivity index (χ0) is 16.2. The van der Waals surface area contributed by atoms with E-state index in [1.807, 2.05) is 18.2 Å². The Kier molecular flexibility index (Phi) is 4.77. The van der Waals surface area contributed by atoms with Crippen LogP contribution in [0.15, 0.2) is 53.4 Å². The van der Waals surface area contributed by atoms with Gasteiger partial charge in [-0.2, -0.15) is 8.42 Å². The van der Waals surface area contributed by atoms with Crippen LogP contribution in [0, 0.1) is 6.92 Å². The number of ether oxygens (including phenoxy) is 1. The molecule has 2 aromatic rings. The summed E-state index contributed by atoms with van der Waals surface area (Å²) in [6.45, 7) is 1.54. The highest BCUT2D eigenvalue weighted by molar-refractivity contribution is 7.86. The van der Waals surface area contributed by atoms with Crippen LogP contribution in [0.3, 0.4) is 0 Å². The topological polar surface area (TPSA) is 72.5 Å². The molecular formula is C15H14FNO4S. The van der Waals surface area contributed by atoms with Crippen LogP contribution in [0.2, 0.25) is 0 Å². The van der Waals surface area contributed by atoms with E-state index in [1.165, 1.54) is 19.1 Å². The normalized spacial score (nSPS) is 11.0. The predicted molar refractivity (Wildman–Crippen MR) is 79.7 cm³/mol. The van der Waals surface area contributed by atoms with Crippen molar-refractivity contribution in [2.75, 3.05) is 5.32 Å². The van der Waals surface area contributed by atoms with Crippen LogP contribution in [0.25, 0.3) is 0 Å². The average molecular weight is 323 g/mol. The molecule has 116 valence electrons. The molecule has 0 bridgehead atoms. The molecule has 0 aliphatic rings. The van der Waals surface area contributed by atoms with Crippen LogP contribution in [0.1, 0.15) is 11.1 Å². The zero-order valence-corrected chi connectivity index (χ0v) is 12.6. The molecule has 2 aromatic carbocycles. The van der Waals surface area contributed by atoms with Crippen LogP contribution in [0.5, 0.6) is 0 Å². The van der Waals surface area contributed by atoms with Gasteiger partial charge in [0.05, 0.1) is 0 Å². The van der Waals surface area contributed by atoms with Gasteiger partial charge >= 0.3 is 16.3 Å². The van der Waals surface area contributed by atoms with Gasteiger partial charge in [0.15, 0.2) is 0 Å². The largest absolute Gasteiger partial charge is 0.444 e. The fourth-order valence-electron chi connectivity index (χ4n) is 1.82. The maximum atomic E-state index is 13.1. The highest BCUT2D eigenvalue weighted by atomic mass is 32.3. The van der Waals surface area contributed by atoms with Crippen LogP contribution in [-0.4, -0.2) is 14.5 Å². The van der Waals surface area contributed by atoms with E-state index in [0.29, 0.717) is 0 Å². The molecule has 0 spiro atoms. The van der Waals surface area contributed by atoms with Crippen LogP contribution >= 0.6 is 0 Å². The van der Waals surface area contributed by atoms with E-state index < -0.39 is 21.2 Å². The first-order valence-electron chi connectivity index (χ1n) is 6.39. The van der Waals surface area contributed by atoms with Crippen molar-refractivity contribution in [2.45, 2.75) is 18.4 Å². The molecule has 1 N–H and O–H groups in total. The lowest BCUT2D eigenvalue weighted by Crippen LogP contribution is -2.14. The van der Waals surface area contributed by atoms with Gasteiger partial charge in [0.2, 0.25) is 0 Å². The van der Waals surface area contributed by atoms with E-state index in [0.717, 1.165) is 11.6 Å². The molecule has 0 fully saturated rings. The highest BCUT2D eigenvalue weighted by Crippen LogP contribution is 2.22. The maximum Gasteiger partial charge on any atom is 0.411 e. The van der Waals surface area contributed by atoms with Gasteiger partial charge in [-0.25, -0.2) is 4.79 Å². The van der Waals surface area contributed by atoms with E-state index >= 15 is 0 Å². The molecule has 0 saturated heterocycles. The third-order valence-electron chi connectivity index (χ3n) is 2.91. The summed E-state index contributed by atoms with van der Waals surface area (Å²) in [5.41, 5.74) is 1.21. The Morgan fingerprint density at radius 3 is 2.50 bits per heavy atom. The van der Waals surface area contributed by atoms with Crippen molar-refractivity contribution >= 4 is 22.0 Å². The Morgan fingerprint density at radius 2 is 1.86 bits per heavy atom. The number of aryl methyl sites for hydroxylation is 1. The van der Waals surface area contributed by atoms with Crippen molar-refractivity contribution in [3.05, 3.63) is 59.7 Å². The van der Waals surface area contributed by atoms with E-state index in [1.54, 1.807) is 12.1 Å². The summed E-state index contributed by atoms with van der Waals surface area (Å²) in [6.07, 6.45) is -0.755. The standard InChI is InChI=1S/C15H14FNO4S/c1-11-7-8-13(9-14(11)22(16,19)20)17-15(18)21-10-12-5-3-2-4-6-12/h2-9H,10H2,1H3,(H,17,18). The molecule has 0 unspecified atom stereocenters. The van der Waals surface area contributed by atoms with Crippen LogP contribution in [0.4, 0.5) is 14.4 Å². The van der Waals surface area contributed by atoms with Gasteiger partial charge in [0, 0.05) is 5.69 Å². The first-order chi connectivity index (χ1) is 10.4. The third kappa shape index (κ3) is 4.29. The summed E-state index contributed by atoms with van der Waals surface area (Å²) in [5.74, 6) is 0. The molecule has 0 aromatic heterocycles. The molecule has 0 heterocycles. The van der Waals surface area contributed by atoms with Crippen LogP contribution in [-0.2, 0) is 21.6 Å². The quantitative estimate of drug-likeness (QED) is 0.875. The Labute approximate surface area is 127 Å². The molecule has 0 aliphatic heterocycles. The highest BCUT2D eigenvalue weighted by Gasteiger charge is 2.16. The summed E-state index contributed by atoms with van der Waals surface area (Å²) < 4.78 is 40.1. The van der Waals surface area contributed by atoms with Gasteiger partial charge in [-0.05, 0) is 30.2 Å². The first-order valence-corrected chi connectivity index (χ1v) is 7.77. The Hall–Kier alpha value is -2.41. The van der Waals surface area contributed by atoms with Crippen molar-refractivity contribution in [2.24, 2.45) is 0 Å². The van der Waals surface area contributed by atoms with Gasteiger partial charge < -0.3 is 4.74 Å². The van der Waals surface area contributed by atoms with E-state index in [2.05, 4.69) is 5.32 Å². The molecule has 22 heavy (non-hydrogen) atoms. The molecule has 1 amide bonds. The molecular weight excluding hydrogens is 309 g/mol. The van der Waals surface area contributed by atoms with E-state index in [9.17, 15) is 17.1 Å². The maximum absolute atomic E-state index is 13.1. The van der Waals surface area contributed by atoms with Gasteiger partial charge in [0.1, 0.15) is 11.5 Å². The number of amides is 1. The summed E-state index contributed by atoms with van der Waals surface area (Å²) in [5, 5.41) is 2.36. The summed E-state index contributed by atoms with van der Waals surface area (Å²) in [7, 11) is -4.84. The summed E-state index contributed by atoms with van der Waals surface area (Å²) in [6, 6.07) is 13.0. The second kappa shape index (κ2) is 6.57. The molecule has 0 atom stereocenters. The minimum Gasteiger partial charge on any atom is -0.444 e. The minimum atomic E-state index is -4.84. The summed E-state index contributed by atoms with van der Waals surface area (Å²) >= 11 is 0. The zero-order valence-electron chi connectivity index (χ0n) is 11.7. The second-order valence-corrected chi connectivity index (χ2v) is 5.92. The molecule has 0 aliphatic carbocycles. The first kappa shape index (κ1) is 16.0. The van der Waals surface area contributed by atoms with Crippen molar-refractivity contribution in [3.63, 3.8) is 0 Å². The molecule has 2 rings (SSSR count). The van der Waals surface area contributed by atoms with Gasteiger partial charge in [-0.3, -0.25) is 5.32 Å². The SMILES string of the molecule is Cc1ccc(NC(=O)OCc2ccccc2)cc1S(=O)(=O)F. The van der Waals surface area contributed by atoms with Crippen LogP contribution < -0.4 is 5.32 Å². The molecule has 0 saturated carbocycles. The molecule has 0 radical (unpaired) electrons. The lowest BCUT2D eigenvalue weighted by molar-refractivity contribution is 0.155. The number of nitrogens with one attached hydrogen (secondary N) is 1. The smallest absolute Gasteiger partial charge is 0.411 e. The fourth-order valence-corrected chi connectivity index (χ4v) is 2.54. The number of halogens is 1. The number of carbonyl (C=O) groups excluding carboxylic acids is 1. The lowest BCUT2D eigenvalue weighted by atomic mass is 10.2. The number of anilines is 1. The molecule has 7 heteroatoms. The average Bonchev–Trinajstić information content (AvgIpc) is 2.47. The van der Waals surface area contributed by atoms with E-state index in [-0.39, 0.29) is 17.9 Å². The van der Waals surface area contributed by atoms with Crippen molar-refractivity contribution in [1.29, 1.82) is 0 Å². The number of rotatable bonds is 4. The van der Waals surface area contributed by atoms with Crippen molar-refractivity contribution < 1.29 is 21.8 Å². The minimum absolute atomic E-state index is 0.0762. The van der Waals surface area contributed by atoms with Gasteiger partial charge in [0.25, 0.3) is 0 Å². The number of hydrogen-bond acceptors (Lipinski definition) is 4. The Balaban J connectivity index is 2.03. The third-order valence-corrected chi connectivity index (χ3v) is 3.88.